The summed E-state index contributed by atoms with van der Waals surface area (Å²) in [6.07, 6.45) is 4.45. The molecule has 1 saturated carbocycles. The van der Waals surface area contributed by atoms with E-state index in [1.54, 1.807) is 7.11 Å². The van der Waals surface area contributed by atoms with Crippen LogP contribution in [0.4, 0.5) is 0 Å². The van der Waals surface area contributed by atoms with E-state index in [-0.39, 0.29) is 17.9 Å². The van der Waals surface area contributed by atoms with Gasteiger partial charge in [-0.3, -0.25) is 4.79 Å². The van der Waals surface area contributed by atoms with Gasteiger partial charge in [0.25, 0.3) is 0 Å². The number of carbonyl (C=O) groups is 1. The molecule has 1 heterocycles. The van der Waals surface area contributed by atoms with Crippen LogP contribution in [0, 0.1) is 9.49 Å². The molecule has 1 N–H and O–H groups in total. The van der Waals surface area contributed by atoms with E-state index in [1.807, 2.05) is 17.8 Å². The zero-order valence-corrected chi connectivity index (χ0v) is 19.3. The first kappa shape index (κ1) is 20.8. The largest absolute Gasteiger partial charge is 0.496 e. The number of ether oxygens (including phenoxy) is 1. The van der Waals surface area contributed by atoms with Gasteiger partial charge in [-0.05, 0) is 72.0 Å². The van der Waals surface area contributed by atoms with E-state index in [4.69, 9.17) is 4.74 Å². The van der Waals surface area contributed by atoms with Gasteiger partial charge in [-0.2, -0.15) is 0 Å². The van der Waals surface area contributed by atoms with Crippen LogP contribution in [0.5, 0.6) is 5.75 Å². The van der Waals surface area contributed by atoms with Crippen LogP contribution in [0.1, 0.15) is 32.2 Å². The van der Waals surface area contributed by atoms with E-state index in [9.17, 15) is 4.79 Å². The van der Waals surface area contributed by atoms with Gasteiger partial charge >= 0.3 is 0 Å². The molecule has 6 nitrogen and oxygen atoms in total. The van der Waals surface area contributed by atoms with Crippen molar-refractivity contribution >= 4 is 28.5 Å². The quantitative estimate of drug-likeness (QED) is 0.483. The highest BCUT2D eigenvalue weighted by atomic mass is 127. The third-order valence-corrected chi connectivity index (χ3v) is 6.60. The lowest BCUT2D eigenvalue weighted by molar-refractivity contribution is -0.124. The summed E-state index contributed by atoms with van der Waals surface area (Å²) in [6.45, 7) is 2.63. The van der Waals surface area contributed by atoms with Crippen molar-refractivity contribution < 1.29 is 9.53 Å². The van der Waals surface area contributed by atoms with Crippen molar-refractivity contribution in [3.05, 3.63) is 52.2 Å². The number of aromatic nitrogens is 3. The Morgan fingerprint density at radius 3 is 2.63 bits per heavy atom. The number of hydrogen-bond acceptors (Lipinski definition) is 4. The summed E-state index contributed by atoms with van der Waals surface area (Å²) in [5.41, 5.74) is 4.31. The van der Waals surface area contributed by atoms with Crippen LogP contribution in [0.2, 0.25) is 0 Å². The fourth-order valence-corrected chi connectivity index (χ4v) is 4.69. The van der Waals surface area contributed by atoms with Gasteiger partial charge in [-0.1, -0.05) is 35.5 Å². The van der Waals surface area contributed by atoms with Crippen molar-refractivity contribution in [3.8, 4) is 28.1 Å². The van der Waals surface area contributed by atoms with E-state index in [2.05, 4.69) is 80.7 Å². The third kappa shape index (κ3) is 4.21. The second-order valence-electron chi connectivity index (χ2n) is 7.55. The van der Waals surface area contributed by atoms with Gasteiger partial charge in [0, 0.05) is 18.0 Å². The maximum atomic E-state index is 12.2. The molecule has 30 heavy (non-hydrogen) atoms. The predicted octanol–water partition coefficient (Wildman–Crippen LogP) is 4.70. The van der Waals surface area contributed by atoms with Gasteiger partial charge in [-0.25, -0.2) is 4.68 Å². The number of amides is 1. The smallest absolute Gasteiger partial charge is 0.223 e. The average molecular weight is 516 g/mol. The monoisotopic (exact) mass is 516 g/mol. The number of nitrogens with one attached hydrogen (secondary N) is 1. The SMILES string of the molecule is CCNC(=O)[C@H]1CC[C@@H](n2nncc2-c2ccc(-c3ccc(I)c(OC)c3)cc2)C1. The summed E-state index contributed by atoms with van der Waals surface area (Å²) in [5, 5.41) is 11.4. The molecule has 1 amide bonds. The number of benzene rings is 2. The topological polar surface area (TPSA) is 69.0 Å². The zero-order chi connectivity index (χ0) is 21.1. The first-order valence-electron chi connectivity index (χ1n) is 10.2. The first-order chi connectivity index (χ1) is 14.6. The van der Waals surface area contributed by atoms with E-state index in [1.165, 1.54) is 0 Å². The Labute approximate surface area is 190 Å². The average Bonchev–Trinajstić information content (AvgIpc) is 3.44. The first-order valence-corrected chi connectivity index (χ1v) is 11.3. The molecule has 2 aromatic carbocycles. The maximum absolute atomic E-state index is 12.2. The Kier molecular flexibility index (Phi) is 6.36. The molecule has 7 heteroatoms. The van der Waals surface area contributed by atoms with Crippen molar-refractivity contribution in [1.82, 2.24) is 20.3 Å². The minimum Gasteiger partial charge on any atom is -0.496 e. The Bertz CT molecular complexity index is 1030. The Morgan fingerprint density at radius 1 is 1.17 bits per heavy atom. The lowest BCUT2D eigenvalue weighted by Gasteiger charge is -2.14. The van der Waals surface area contributed by atoms with Crippen molar-refractivity contribution in [2.45, 2.75) is 32.2 Å². The van der Waals surface area contributed by atoms with Gasteiger partial charge in [0.2, 0.25) is 5.91 Å². The Hall–Kier alpha value is -2.42. The molecule has 1 aliphatic carbocycles. The van der Waals surface area contributed by atoms with E-state index < -0.39 is 0 Å². The van der Waals surface area contributed by atoms with Gasteiger partial charge < -0.3 is 10.1 Å². The lowest BCUT2D eigenvalue weighted by Crippen LogP contribution is -2.29. The fourth-order valence-electron chi connectivity index (χ4n) is 4.13. The minimum absolute atomic E-state index is 0.0604. The molecule has 0 radical (unpaired) electrons. The number of rotatable bonds is 6. The number of methoxy groups -OCH3 is 1. The van der Waals surface area contributed by atoms with Crippen molar-refractivity contribution in [3.63, 3.8) is 0 Å². The second-order valence-corrected chi connectivity index (χ2v) is 8.71. The van der Waals surface area contributed by atoms with Crippen molar-refractivity contribution in [2.24, 2.45) is 5.92 Å². The molecule has 0 spiro atoms. The van der Waals surface area contributed by atoms with Crippen LogP contribution in [0.3, 0.4) is 0 Å². The van der Waals surface area contributed by atoms with Crippen LogP contribution >= 0.6 is 22.6 Å². The predicted molar refractivity (Wildman–Crippen MR) is 125 cm³/mol. The summed E-state index contributed by atoms with van der Waals surface area (Å²) in [5.74, 6) is 1.09. The normalized spacial score (nSPS) is 18.4. The minimum atomic E-state index is 0.0604. The maximum Gasteiger partial charge on any atom is 0.223 e. The number of halogens is 1. The molecule has 1 aliphatic rings. The Balaban J connectivity index is 1.54. The highest BCUT2D eigenvalue weighted by Crippen LogP contribution is 2.37. The van der Waals surface area contributed by atoms with Crippen LogP contribution in [-0.4, -0.2) is 34.6 Å². The molecule has 156 valence electrons. The number of nitrogens with zero attached hydrogens (tertiary/aromatic N) is 3. The van der Waals surface area contributed by atoms with Crippen LogP contribution in [0.15, 0.2) is 48.7 Å². The summed E-state index contributed by atoms with van der Waals surface area (Å²) in [6, 6.07) is 14.9. The molecule has 0 unspecified atom stereocenters. The van der Waals surface area contributed by atoms with Gasteiger partial charge in [0.1, 0.15) is 5.75 Å². The van der Waals surface area contributed by atoms with Crippen molar-refractivity contribution in [2.75, 3.05) is 13.7 Å². The summed E-state index contributed by atoms with van der Waals surface area (Å²) in [4.78, 5) is 12.2. The van der Waals surface area contributed by atoms with E-state index in [0.717, 1.165) is 51.0 Å². The molecule has 0 bridgehead atoms. The highest BCUT2D eigenvalue weighted by molar-refractivity contribution is 14.1. The molecule has 3 aromatic rings. The van der Waals surface area contributed by atoms with Gasteiger partial charge in [0.05, 0.1) is 28.6 Å². The summed E-state index contributed by atoms with van der Waals surface area (Å²) < 4.78 is 8.53. The molecule has 1 aromatic heterocycles. The number of carbonyl (C=O) groups excluding carboxylic acids is 1. The molecule has 1 fully saturated rings. The van der Waals surface area contributed by atoms with Crippen LogP contribution < -0.4 is 10.1 Å². The van der Waals surface area contributed by atoms with E-state index in [0.29, 0.717) is 6.54 Å². The van der Waals surface area contributed by atoms with Gasteiger partial charge in [-0.15, -0.1) is 5.10 Å². The molecule has 0 saturated heterocycles. The van der Waals surface area contributed by atoms with Crippen LogP contribution in [-0.2, 0) is 4.79 Å². The molecular formula is C23H25IN4O2. The zero-order valence-electron chi connectivity index (χ0n) is 17.1. The molecular weight excluding hydrogens is 491 g/mol. The van der Waals surface area contributed by atoms with E-state index >= 15 is 0 Å². The Morgan fingerprint density at radius 2 is 1.90 bits per heavy atom. The standard InChI is InChI=1S/C23H25IN4O2/c1-3-25-23(29)18-8-10-19(12-18)28-21(14-26-27-28)16-6-4-15(5-7-16)17-9-11-20(24)22(13-17)30-2/h4-7,9,11,13-14,18-19H,3,8,10,12H2,1-2H3,(H,25,29)/t18-,19+/m0/s1. The lowest BCUT2D eigenvalue weighted by atomic mass is 10.0. The number of hydrogen-bond donors (Lipinski definition) is 1. The molecule has 0 aliphatic heterocycles. The molecule has 4 rings (SSSR count). The van der Waals surface area contributed by atoms with Gasteiger partial charge in [0.15, 0.2) is 0 Å². The second kappa shape index (κ2) is 9.16. The summed E-state index contributed by atoms with van der Waals surface area (Å²) >= 11 is 2.27. The summed E-state index contributed by atoms with van der Waals surface area (Å²) in [7, 11) is 1.69. The van der Waals surface area contributed by atoms with Crippen LogP contribution in [0.25, 0.3) is 22.4 Å². The van der Waals surface area contributed by atoms with Crippen molar-refractivity contribution in [1.29, 1.82) is 0 Å². The third-order valence-electron chi connectivity index (χ3n) is 5.71. The highest BCUT2D eigenvalue weighted by Gasteiger charge is 2.32. The molecule has 2 atom stereocenters. The fraction of sp³-hybridized carbons (Fsp3) is 0.348.